The molecule has 0 bridgehead atoms. The zero-order valence-electron chi connectivity index (χ0n) is 15.9. The number of hydrogen-bond donors (Lipinski definition) is 1. The Morgan fingerprint density at radius 1 is 1.21 bits per heavy atom. The van der Waals surface area contributed by atoms with Gasteiger partial charge in [0.1, 0.15) is 11.1 Å². The summed E-state index contributed by atoms with van der Waals surface area (Å²) in [6.45, 7) is 3.26. The second-order valence-corrected chi connectivity index (χ2v) is 8.36. The SMILES string of the molecule is N#Cc1c(NC(=O)CN2CCN(c3ccc([N+](=O)[O-])cc3)CC2)sc2c1CCC2. The third-order valence-corrected chi connectivity index (χ3v) is 6.66. The van der Waals surface area contributed by atoms with Crippen LogP contribution in [0.3, 0.4) is 0 Å². The molecule has 0 atom stereocenters. The molecule has 0 spiro atoms. The molecule has 1 amide bonds. The molecule has 150 valence electrons. The van der Waals surface area contributed by atoms with E-state index in [0.717, 1.165) is 56.7 Å². The molecule has 1 aliphatic carbocycles. The van der Waals surface area contributed by atoms with Gasteiger partial charge in [-0.05, 0) is 37.0 Å². The van der Waals surface area contributed by atoms with Gasteiger partial charge >= 0.3 is 0 Å². The summed E-state index contributed by atoms with van der Waals surface area (Å²) in [7, 11) is 0. The highest BCUT2D eigenvalue weighted by atomic mass is 32.1. The standard InChI is InChI=1S/C20H21N5O3S/c21-12-17-16-2-1-3-18(16)29-20(17)22-19(26)13-23-8-10-24(11-9-23)14-4-6-15(7-5-14)25(27)28/h4-7H,1-3,8-11,13H2,(H,22,26). The molecule has 2 aromatic rings. The van der Waals surface area contributed by atoms with E-state index < -0.39 is 4.92 Å². The van der Waals surface area contributed by atoms with E-state index >= 15 is 0 Å². The van der Waals surface area contributed by atoms with Crippen molar-refractivity contribution in [2.75, 3.05) is 42.9 Å². The van der Waals surface area contributed by atoms with Gasteiger partial charge in [0.2, 0.25) is 5.91 Å². The molecule has 1 saturated heterocycles. The Bertz CT molecular complexity index is 971. The number of nitro benzene ring substituents is 1. The van der Waals surface area contributed by atoms with E-state index in [9.17, 15) is 20.2 Å². The van der Waals surface area contributed by atoms with Crippen LogP contribution in [0.15, 0.2) is 24.3 Å². The van der Waals surface area contributed by atoms with Crippen LogP contribution in [0.2, 0.25) is 0 Å². The number of nitrogens with one attached hydrogen (secondary N) is 1. The summed E-state index contributed by atoms with van der Waals surface area (Å²) in [6.07, 6.45) is 3.01. The number of hydrogen-bond acceptors (Lipinski definition) is 7. The van der Waals surface area contributed by atoms with E-state index in [2.05, 4.69) is 21.2 Å². The average Bonchev–Trinajstić information content (AvgIpc) is 3.29. The average molecular weight is 411 g/mol. The van der Waals surface area contributed by atoms with Crippen LogP contribution in [-0.4, -0.2) is 48.5 Å². The molecule has 29 heavy (non-hydrogen) atoms. The number of non-ortho nitro benzene ring substituents is 1. The van der Waals surface area contributed by atoms with Gasteiger partial charge in [-0.2, -0.15) is 5.26 Å². The van der Waals surface area contributed by atoms with Gasteiger partial charge in [0.25, 0.3) is 5.69 Å². The minimum atomic E-state index is -0.402. The van der Waals surface area contributed by atoms with Gasteiger partial charge in [0.05, 0.1) is 17.0 Å². The lowest BCUT2D eigenvalue weighted by Crippen LogP contribution is -2.48. The third-order valence-electron chi connectivity index (χ3n) is 5.45. The Morgan fingerprint density at radius 3 is 2.59 bits per heavy atom. The highest BCUT2D eigenvalue weighted by Gasteiger charge is 2.24. The van der Waals surface area contributed by atoms with E-state index in [1.807, 2.05) is 0 Å². The van der Waals surface area contributed by atoms with Crippen molar-refractivity contribution in [3.05, 3.63) is 50.4 Å². The molecule has 1 aromatic carbocycles. The predicted octanol–water partition coefficient (Wildman–Crippen LogP) is 2.78. The maximum atomic E-state index is 12.5. The minimum Gasteiger partial charge on any atom is -0.369 e. The Hall–Kier alpha value is -2.96. The van der Waals surface area contributed by atoms with Crippen LogP contribution in [0.25, 0.3) is 0 Å². The number of rotatable bonds is 5. The van der Waals surface area contributed by atoms with Crippen molar-refractivity contribution in [1.29, 1.82) is 5.26 Å². The summed E-state index contributed by atoms with van der Waals surface area (Å²) in [5.41, 5.74) is 2.79. The quantitative estimate of drug-likeness (QED) is 0.600. The van der Waals surface area contributed by atoms with Gasteiger partial charge < -0.3 is 10.2 Å². The summed E-state index contributed by atoms with van der Waals surface area (Å²) in [5, 5.41) is 23.8. The number of nitro groups is 1. The van der Waals surface area contributed by atoms with Gasteiger partial charge in [0, 0.05) is 48.9 Å². The number of nitrogens with zero attached hydrogens (tertiary/aromatic N) is 4. The normalized spacial score (nSPS) is 16.3. The summed E-state index contributed by atoms with van der Waals surface area (Å²) in [4.78, 5) is 28.3. The molecule has 4 rings (SSSR count). The predicted molar refractivity (Wildman–Crippen MR) is 111 cm³/mol. The first-order valence-corrected chi connectivity index (χ1v) is 10.4. The van der Waals surface area contributed by atoms with Crippen LogP contribution in [0.5, 0.6) is 0 Å². The van der Waals surface area contributed by atoms with Gasteiger partial charge in [-0.3, -0.25) is 19.8 Å². The third kappa shape index (κ3) is 4.09. The van der Waals surface area contributed by atoms with Crippen LogP contribution in [0.1, 0.15) is 22.4 Å². The first-order chi connectivity index (χ1) is 14.0. The molecule has 2 heterocycles. The van der Waals surface area contributed by atoms with Crippen LogP contribution < -0.4 is 10.2 Å². The molecule has 0 radical (unpaired) electrons. The lowest BCUT2D eigenvalue weighted by atomic mass is 10.1. The van der Waals surface area contributed by atoms with Gasteiger partial charge in [-0.1, -0.05) is 0 Å². The van der Waals surface area contributed by atoms with Crippen LogP contribution in [0, 0.1) is 21.4 Å². The number of piperazine rings is 1. The molecule has 9 heteroatoms. The maximum Gasteiger partial charge on any atom is 0.269 e. The van der Waals surface area contributed by atoms with Crippen molar-refractivity contribution in [3.8, 4) is 6.07 Å². The molecule has 1 aliphatic heterocycles. The van der Waals surface area contributed by atoms with E-state index in [1.165, 1.54) is 28.3 Å². The summed E-state index contributed by atoms with van der Waals surface area (Å²) >= 11 is 1.54. The lowest BCUT2D eigenvalue weighted by molar-refractivity contribution is -0.384. The zero-order valence-corrected chi connectivity index (χ0v) is 16.7. The van der Waals surface area contributed by atoms with Gasteiger partial charge in [0.15, 0.2) is 0 Å². The molecule has 1 aromatic heterocycles. The molecule has 0 saturated carbocycles. The number of thiophene rings is 1. The fourth-order valence-corrected chi connectivity index (χ4v) is 5.19. The van der Waals surface area contributed by atoms with Crippen molar-refractivity contribution in [1.82, 2.24) is 4.90 Å². The van der Waals surface area contributed by atoms with Crippen molar-refractivity contribution in [2.45, 2.75) is 19.3 Å². The van der Waals surface area contributed by atoms with Gasteiger partial charge in [-0.25, -0.2) is 0 Å². The first-order valence-electron chi connectivity index (χ1n) is 9.61. The number of anilines is 2. The van der Waals surface area contributed by atoms with Crippen LogP contribution in [-0.2, 0) is 17.6 Å². The topological polar surface area (TPSA) is 103 Å². The fourth-order valence-electron chi connectivity index (χ4n) is 3.93. The van der Waals surface area contributed by atoms with Crippen molar-refractivity contribution in [2.24, 2.45) is 0 Å². The Balaban J connectivity index is 1.30. The fraction of sp³-hybridized carbons (Fsp3) is 0.400. The highest BCUT2D eigenvalue weighted by molar-refractivity contribution is 7.16. The monoisotopic (exact) mass is 411 g/mol. The van der Waals surface area contributed by atoms with Crippen LogP contribution >= 0.6 is 11.3 Å². The summed E-state index contributed by atoms with van der Waals surface area (Å²) in [6, 6.07) is 8.81. The second kappa shape index (κ2) is 8.19. The Morgan fingerprint density at radius 2 is 1.93 bits per heavy atom. The van der Waals surface area contributed by atoms with Crippen molar-refractivity contribution < 1.29 is 9.72 Å². The summed E-state index contributed by atoms with van der Waals surface area (Å²) in [5.74, 6) is -0.0924. The van der Waals surface area contributed by atoms with Gasteiger partial charge in [-0.15, -0.1) is 11.3 Å². The number of fused-ring (bicyclic) bond motifs is 1. The number of carbonyl (C=O) groups excluding carboxylic acids is 1. The summed E-state index contributed by atoms with van der Waals surface area (Å²) < 4.78 is 0. The number of carbonyl (C=O) groups is 1. The molecule has 2 aliphatic rings. The largest absolute Gasteiger partial charge is 0.369 e. The molecular weight excluding hydrogens is 390 g/mol. The van der Waals surface area contributed by atoms with Crippen molar-refractivity contribution in [3.63, 3.8) is 0 Å². The number of aryl methyl sites for hydroxylation is 1. The Kier molecular flexibility index (Phi) is 5.47. The van der Waals surface area contributed by atoms with Crippen molar-refractivity contribution >= 4 is 33.6 Å². The van der Waals surface area contributed by atoms with E-state index in [-0.39, 0.29) is 11.6 Å². The molecule has 1 N–H and O–H groups in total. The number of amides is 1. The number of benzene rings is 1. The van der Waals surface area contributed by atoms with Crippen LogP contribution in [0.4, 0.5) is 16.4 Å². The molecule has 1 fully saturated rings. The minimum absolute atomic E-state index is 0.0837. The maximum absolute atomic E-state index is 12.5. The Labute approximate surface area is 172 Å². The molecule has 8 nitrogen and oxygen atoms in total. The van der Waals surface area contributed by atoms with E-state index in [0.29, 0.717) is 17.1 Å². The second-order valence-electron chi connectivity index (χ2n) is 7.26. The lowest BCUT2D eigenvalue weighted by Gasteiger charge is -2.35. The van der Waals surface area contributed by atoms with E-state index in [1.54, 1.807) is 12.1 Å². The number of nitriles is 1. The first kappa shape index (κ1) is 19.4. The highest BCUT2D eigenvalue weighted by Crippen LogP contribution is 2.38. The molecule has 0 unspecified atom stereocenters. The van der Waals surface area contributed by atoms with E-state index in [4.69, 9.17) is 0 Å². The zero-order chi connectivity index (χ0) is 20.4. The molecular formula is C20H21N5O3S. The smallest absolute Gasteiger partial charge is 0.269 e.